The Labute approximate surface area is 136 Å². The summed E-state index contributed by atoms with van der Waals surface area (Å²) in [5, 5.41) is 5.65. The molecular weight excluding hydrogens is 288 g/mol. The van der Waals surface area contributed by atoms with E-state index >= 15 is 0 Å². The van der Waals surface area contributed by atoms with Crippen LogP contribution in [0.4, 0.5) is 11.4 Å². The molecule has 0 aliphatic heterocycles. The first kappa shape index (κ1) is 16.7. The summed E-state index contributed by atoms with van der Waals surface area (Å²) in [5.74, 6) is -0.665. The van der Waals surface area contributed by atoms with Crippen LogP contribution in [0.1, 0.15) is 26.3 Å². The number of aryl methyl sites for hydroxylation is 1. The van der Waals surface area contributed by atoms with Gasteiger partial charge in [-0.15, -0.1) is 0 Å². The van der Waals surface area contributed by atoms with Gasteiger partial charge in [0.1, 0.15) is 5.41 Å². The molecule has 0 aliphatic rings. The summed E-state index contributed by atoms with van der Waals surface area (Å²) in [4.78, 5) is 25.0. The first-order chi connectivity index (χ1) is 10.9. The van der Waals surface area contributed by atoms with E-state index in [2.05, 4.69) is 10.6 Å². The maximum Gasteiger partial charge on any atom is 0.239 e. The molecule has 0 radical (unpaired) electrons. The van der Waals surface area contributed by atoms with Crippen LogP contribution in [-0.2, 0) is 16.0 Å². The van der Waals surface area contributed by atoms with Gasteiger partial charge in [-0.3, -0.25) is 9.59 Å². The highest BCUT2D eigenvalue weighted by Gasteiger charge is 2.36. The molecule has 0 spiro atoms. The van der Waals surface area contributed by atoms with Gasteiger partial charge in [0.2, 0.25) is 11.8 Å². The number of carbonyl (C=O) groups is 2. The van der Waals surface area contributed by atoms with Gasteiger partial charge >= 0.3 is 0 Å². The van der Waals surface area contributed by atoms with Crippen LogP contribution in [0, 0.1) is 5.41 Å². The van der Waals surface area contributed by atoms with E-state index in [1.165, 1.54) is 0 Å². The molecule has 0 saturated heterocycles. The van der Waals surface area contributed by atoms with E-state index in [0.29, 0.717) is 5.69 Å². The van der Waals surface area contributed by atoms with E-state index in [1.807, 2.05) is 49.4 Å². The summed E-state index contributed by atoms with van der Waals surface area (Å²) in [6.45, 7) is 5.27. The maximum atomic E-state index is 12.6. The van der Waals surface area contributed by atoms with Crippen LogP contribution in [0.3, 0.4) is 0 Å². The lowest BCUT2D eigenvalue weighted by Gasteiger charge is -2.23. The van der Waals surface area contributed by atoms with Gasteiger partial charge in [-0.1, -0.05) is 43.3 Å². The molecule has 0 saturated carbocycles. The summed E-state index contributed by atoms with van der Waals surface area (Å²) in [5.41, 5.74) is 1.28. The molecule has 0 heterocycles. The van der Waals surface area contributed by atoms with Crippen LogP contribution in [-0.4, -0.2) is 11.8 Å². The van der Waals surface area contributed by atoms with Crippen molar-refractivity contribution in [2.75, 3.05) is 10.6 Å². The van der Waals surface area contributed by atoms with Crippen LogP contribution in [0.25, 0.3) is 0 Å². The molecule has 0 aliphatic carbocycles. The Morgan fingerprint density at radius 2 is 1.43 bits per heavy atom. The molecule has 4 nitrogen and oxygen atoms in total. The summed E-state index contributed by atoms with van der Waals surface area (Å²) in [6.07, 6.45) is 0.813. The highest BCUT2D eigenvalue weighted by Crippen LogP contribution is 2.23. The first-order valence-electron chi connectivity index (χ1n) is 7.71. The topological polar surface area (TPSA) is 58.2 Å². The molecule has 2 N–H and O–H groups in total. The lowest BCUT2D eigenvalue weighted by molar-refractivity contribution is -0.135. The third-order valence-corrected chi connectivity index (χ3v) is 3.81. The van der Waals surface area contributed by atoms with E-state index in [0.717, 1.165) is 17.7 Å². The maximum absolute atomic E-state index is 12.6. The molecule has 0 unspecified atom stereocenters. The second-order valence-corrected chi connectivity index (χ2v) is 5.91. The number of carbonyl (C=O) groups excluding carboxylic acids is 2. The molecule has 2 amide bonds. The number of anilines is 2. The summed E-state index contributed by atoms with van der Waals surface area (Å²) in [7, 11) is 0. The minimum Gasteiger partial charge on any atom is -0.325 e. The van der Waals surface area contributed by atoms with Crippen molar-refractivity contribution >= 4 is 23.2 Å². The van der Waals surface area contributed by atoms with Gasteiger partial charge in [-0.25, -0.2) is 0 Å². The number of para-hydroxylation sites is 2. The molecule has 2 aromatic carbocycles. The normalized spacial score (nSPS) is 10.9. The zero-order valence-corrected chi connectivity index (χ0v) is 13.7. The minimum atomic E-state index is -1.18. The second kappa shape index (κ2) is 7.09. The highest BCUT2D eigenvalue weighted by molar-refractivity contribution is 6.14. The predicted octanol–water partition coefficient (Wildman–Crippen LogP) is 3.85. The van der Waals surface area contributed by atoms with Crippen molar-refractivity contribution in [2.45, 2.75) is 27.2 Å². The van der Waals surface area contributed by atoms with Crippen molar-refractivity contribution < 1.29 is 9.59 Å². The van der Waals surface area contributed by atoms with Crippen LogP contribution < -0.4 is 10.6 Å². The molecular formula is C19H22N2O2. The van der Waals surface area contributed by atoms with Gasteiger partial charge in [0.25, 0.3) is 0 Å². The Bertz CT molecular complexity index is 694. The average Bonchev–Trinajstić information content (AvgIpc) is 2.56. The Hall–Kier alpha value is -2.62. The van der Waals surface area contributed by atoms with Crippen LogP contribution in [0.5, 0.6) is 0 Å². The fourth-order valence-corrected chi connectivity index (χ4v) is 2.14. The fourth-order valence-electron chi connectivity index (χ4n) is 2.14. The van der Waals surface area contributed by atoms with Crippen molar-refractivity contribution in [3.8, 4) is 0 Å². The second-order valence-electron chi connectivity index (χ2n) is 5.91. The SMILES string of the molecule is CCc1ccccc1NC(=O)C(C)(C)C(=O)Nc1ccccc1. The molecule has 2 aromatic rings. The molecule has 120 valence electrons. The third kappa shape index (κ3) is 3.97. The van der Waals surface area contributed by atoms with Crippen molar-refractivity contribution in [3.63, 3.8) is 0 Å². The molecule has 0 atom stereocenters. The van der Waals surface area contributed by atoms with Gasteiger partial charge < -0.3 is 10.6 Å². The number of nitrogens with one attached hydrogen (secondary N) is 2. The van der Waals surface area contributed by atoms with E-state index in [9.17, 15) is 9.59 Å². The average molecular weight is 310 g/mol. The van der Waals surface area contributed by atoms with Gasteiger partial charge in [-0.2, -0.15) is 0 Å². The summed E-state index contributed by atoms with van der Waals surface area (Å²) < 4.78 is 0. The van der Waals surface area contributed by atoms with Gasteiger partial charge in [-0.05, 0) is 44.0 Å². The summed E-state index contributed by atoms with van der Waals surface area (Å²) in [6, 6.07) is 16.7. The summed E-state index contributed by atoms with van der Waals surface area (Å²) >= 11 is 0. The van der Waals surface area contributed by atoms with E-state index in [-0.39, 0.29) is 11.8 Å². The van der Waals surface area contributed by atoms with E-state index < -0.39 is 5.41 Å². The number of amides is 2. The zero-order valence-electron chi connectivity index (χ0n) is 13.7. The Kier molecular flexibility index (Phi) is 5.16. The van der Waals surface area contributed by atoms with E-state index in [1.54, 1.807) is 26.0 Å². The van der Waals surface area contributed by atoms with Gasteiger partial charge in [0.15, 0.2) is 0 Å². The van der Waals surface area contributed by atoms with Crippen LogP contribution >= 0.6 is 0 Å². The number of rotatable bonds is 5. The molecule has 2 rings (SSSR count). The minimum absolute atomic E-state index is 0.327. The van der Waals surface area contributed by atoms with Crippen molar-refractivity contribution in [2.24, 2.45) is 5.41 Å². The first-order valence-corrected chi connectivity index (χ1v) is 7.71. The largest absolute Gasteiger partial charge is 0.325 e. The fraction of sp³-hybridized carbons (Fsp3) is 0.263. The lowest BCUT2D eigenvalue weighted by atomic mass is 9.90. The monoisotopic (exact) mass is 310 g/mol. The smallest absolute Gasteiger partial charge is 0.239 e. The van der Waals surface area contributed by atoms with Crippen molar-refractivity contribution in [3.05, 3.63) is 60.2 Å². The highest BCUT2D eigenvalue weighted by atomic mass is 16.2. The number of hydrogen-bond acceptors (Lipinski definition) is 2. The number of hydrogen-bond donors (Lipinski definition) is 2. The lowest BCUT2D eigenvalue weighted by Crippen LogP contribution is -2.41. The molecule has 0 aromatic heterocycles. The molecule has 0 bridgehead atoms. The Balaban J connectivity index is 2.11. The van der Waals surface area contributed by atoms with Gasteiger partial charge in [0.05, 0.1) is 0 Å². The standard InChI is InChI=1S/C19H22N2O2/c1-4-14-10-8-9-13-16(14)21-18(23)19(2,3)17(22)20-15-11-6-5-7-12-15/h5-13H,4H2,1-3H3,(H,20,22)(H,21,23). The van der Waals surface area contributed by atoms with Gasteiger partial charge in [0, 0.05) is 11.4 Å². The Morgan fingerprint density at radius 1 is 0.870 bits per heavy atom. The van der Waals surface area contributed by atoms with Crippen LogP contribution in [0.2, 0.25) is 0 Å². The third-order valence-electron chi connectivity index (χ3n) is 3.81. The number of benzene rings is 2. The van der Waals surface area contributed by atoms with Crippen molar-refractivity contribution in [1.29, 1.82) is 0 Å². The zero-order chi connectivity index (χ0) is 16.9. The van der Waals surface area contributed by atoms with E-state index in [4.69, 9.17) is 0 Å². The molecule has 4 heteroatoms. The quantitative estimate of drug-likeness (QED) is 0.824. The van der Waals surface area contributed by atoms with Crippen LogP contribution in [0.15, 0.2) is 54.6 Å². The van der Waals surface area contributed by atoms with Crippen molar-refractivity contribution in [1.82, 2.24) is 0 Å². The predicted molar refractivity (Wildman–Crippen MR) is 93.3 cm³/mol. The molecule has 0 fully saturated rings. The molecule has 23 heavy (non-hydrogen) atoms. The Morgan fingerprint density at radius 3 is 2.09 bits per heavy atom.